The molecule has 4 rings (SSSR count). The number of carbonyl (C=O) groups excluding carboxylic acids is 2. The monoisotopic (exact) mass is 378 g/mol. The molecule has 0 aromatic heterocycles. The second kappa shape index (κ2) is 8.46. The van der Waals surface area contributed by atoms with Crippen LogP contribution in [0.5, 0.6) is 5.75 Å². The SMILES string of the molecule is O=C(NC1CCCCCC1)c1ccc2c(c1)N(Cc1ccccc1)C(=O)CO2. The van der Waals surface area contributed by atoms with Crippen molar-refractivity contribution < 1.29 is 14.3 Å². The van der Waals surface area contributed by atoms with Crippen molar-refractivity contribution in [1.29, 1.82) is 0 Å². The molecule has 1 saturated carbocycles. The molecule has 0 unspecified atom stereocenters. The largest absolute Gasteiger partial charge is 0.482 e. The molecule has 0 bridgehead atoms. The van der Waals surface area contributed by atoms with E-state index in [1.165, 1.54) is 25.7 Å². The van der Waals surface area contributed by atoms with Gasteiger partial charge in [-0.05, 0) is 36.6 Å². The maximum atomic E-state index is 12.8. The Morgan fingerprint density at radius 2 is 1.79 bits per heavy atom. The number of anilines is 1. The summed E-state index contributed by atoms with van der Waals surface area (Å²) in [4.78, 5) is 27.0. The van der Waals surface area contributed by atoms with Gasteiger partial charge in [0.25, 0.3) is 11.8 Å². The van der Waals surface area contributed by atoms with Crippen molar-refractivity contribution in [3.8, 4) is 5.75 Å². The van der Waals surface area contributed by atoms with Gasteiger partial charge in [-0.1, -0.05) is 56.0 Å². The van der Waals surface area contributed by atoms with E-state index in [1.807, 2.05) is 30.3 Å². The third kappa shape index (κ3) is 4.19. The average Bonchev–Trinajstić information content (AvgIpc) is 2.99. The molecule has 2 aliphatic rings. The second-order valence-corrected chi connectivity index (χ2v) is 7.60. The maximum absolute atomic E-state index is 12.8. The highest BCUT2D eigenvalue weighted by molar-refractivity contribution is 6.01. The smallest absolute Gasteiger partial charge is 0.265 e. The Bertz CT molecular complexity index is 842. The molecular formula is C23H26N2O3. The van der Waals surface area contributed by atoms with E-state index in [-0.39, 0.29) is 24.5 Å². The Kier molecular flexibility index (Phi) is 5.60. The molecule has 1 fully saturated rings. The van der Waals surface area contributed by atoms with Gasteiger partial charge in [-0.2, -0.15) is 0 Å². The molecule has 28 heavy (non-hydrogen) atoms. The predicted octanol–water partition coefficient (Wildman–Crippen LogP) is 4.06. The highest BCUT2D eigenvalue weighted by Crippen LogP contribution is 2.34. The van der Waals surface area contributed by atoms with Gasteiger partial charge in [0.05, 0.1) is 12.2 Å². The fourth-order valence-electron chi connectivity index (χ4n) is 3.98. The summed E-state index contributed by atoms with van der Waals surface area (Å²) in [6, 6.07) is 15.4. The summed E-state index contributed by atoms with van der Waals surface area (Å²) in [6.07, 6.45) is 6.92. The third-order valence-corrected chi connectivity index (χ3v) is 5.54. The molecule has 2 amide bonds. The van der Waals surface area contributed by atoms with Crippen molar-refractivity contribution in [1.82, 2.24) is 5.32 Å². The van der Waals surface area contributed by atoms with Crippen molar-refractivity contribution >= 4 is 17.5 Å². The summed E-state index contributed by atoms with van der Waals surface area (Å²) in [6.45, 7) is 0.483. The van der Waals surface area contributed by atoms with E-state index in [1.54, 1.807) is 23.1 Å². The molecule has 1 heterocycles. The van der Waals surface area contributed by atoms with Gasteiger partial charge in [0.2, 0.25) is 0 Å². The fraction of sp³-hybridized carbons (Fsp3) is 0.391. The van der Waals surface area contributed by atoms with Crippen molar-refractivity contribution in [2.75, 3.05) is 11.5 Å². The van der Waals surface area contributed by atoms with Gasteiger partial charge in [-0.25, -0.2) is 0 Å². The molecule has 1 N–H and O–H groups in total. The zero-order chi connectivity index (χ0) is 19.3. The van der Waals surface area contributed by atoms with Gasteiger partial charge >= 0.3 is 0 Å². The lowest BCUT2D eigenvalue weighted by Crippen LogP contribution is -2.39. The Balaban J connectivity index is 1.55. The highest BCUT2D eigenvalue weighted by Gasteiger charge is 2.27. The first-order valence-electron chi connectivity index (χ1n) is 10.1. The summed E-state index contributed by atoms with van der Waals surface area (Å²) in [5, 5.41) is 3.17. The number of rotatable bonds is 4. The molecule has 5 nitrogen and oxygen atoms in total. The molecule has 2 aromatic carbocycles. The lowest BCUT2D eigenvalue weighted by atomic mass is 10.1. The predicted molar refractivity (Wildman–Crippen MR) is 109 cm³/mol. The van der Waals surface area contributed by atoms with Crippen LogP contribution in [0, 0.1) is 0 Å². The van der Waals surface area contributed by atoms with Gasteiger partial charge in [0.15, 0.2) is 6.61 Å². The Labute approximate surface area is 165 Å². The molecule has 1 aliphatic heterocycles. The standard InChI is InChI=1S/C23H26N2O3/c26-22-16-28-21-13-12-18(23(27)24-19-10-6-1-2-7-11-19)14-20(21)25(22)15-17-8-4-3-5-9-17/h3-5,8-9,12-14,19H,1-2,6-7,10-11,15-16H2,(H,24,27). The number of fused-ring (bicyclic) bond motifs is 1. The Hall–Kier alpha value is -2.82. The van der Waals surface area contributed by atoms with E-state index >= 15 is 0 Å². The summed E-state index contributed by atoms with van der Waals surface area (Å²) < 4.78 is 5.58. The minimum absolute atomic E-state index is 0.0213. The topological polar surface area (TPSA) is 58.6 Å². The molecular weight excluding hydrogens is 352 g/mol. The molecule has 1 aliphatic carbocycles. The number of benzene rings is 2. The summed E-state index contributed by atoms with van der Waals surface area (Å²) in [7, 11) is 0. The maximum Gasteiger partial charge on any atom is 0.265 e. The lowest BCUT2D eigenvalue weighted by molar-refractivity contribution is -0.121. The van der Waals surface area contributed by atoms with Gasteiger partial charge in [0.1, 0.15) is 5.75 Å². The first-order chi connectivity index (χ1) is 13.7. The van der Waals surface area contributed by atoms with Crippen LogP contribution >= 0.6 is 0 Å². The van der Waals surface area contributed by atoms with Crippen molar-refractivity contribution in [2.45, 2.75) is 51.1 Å². The minimum Gasteiger partial charge on any atom is -0.482 e. The summed E-state index contributed by atoms with van der Waals surface area (Å²) in [5.74, 6) is 0.464. The summed E-state index contributed by atoms with van der Waals surface area (Å²) >= 11 is 0. The van der Waals surface area contributed by atoms with E-state index < -0.39 is 0 Å². The molecule has 0 atom stereocenters. The van der Waals surface area contributed by atoms with Crippen molar-refractivity contribution in [3.63, 3.8) is 0 Å². The normalized spacial score (nSPS) is 17.4. The average molecular weight is 378 g/mol. The summed E-state index contributed by atoms with van der Waals surface area (Å²) in [5.41, 5.74) is 2.27. The molecule has 0 radical (unpaired) electrons. The van der Waals surface area contributed by atoms with Gasteiger partial charge in [-0.15, -0.1) is 0 Å². The minimum atomic E-state index is -0.0994. The van der Waals surface area contributed by atoms with E-state index in [9.17, 15) is 9.59 Å². The molecule has 146 valence electrons. The van der Waals surface area contributed by atoms with Crippen LogP contribution < -0.4 is 15.0 Å². The quantitative estimate of drug-likeness (QED) is 0.816. The van der Waals surface area contributed by atoms with E-state index in [4.69, 9.17) is 4.74 Å². The first kappa shape index (κ1) is 18.5. The molecule has 5 heteroatoms. The van der Waals surface area contributed by atoms with Gasteiger partial charge in [0, 0.05) is 11.6 Å². The number of amides is 2. The lowest BCUT2D eigenvalue weighted by Gasteiger charge is -2.30. The van der Waals surface area contributed by atoms with Crippen LogP contribution in [0.4, 0.5) is 5.69 Å². The molecule has 0 spiro atoms. The molecule has 0 saturated heterocycles. The zero-order valence-electron chi connectivity index (χ0n) is 16.0. The van der Waals surface area contributed by atoms with E-state index in [2.05, 4.69) is 5.32 Å². The van der Waals surface area contributed by atoms with E-state index in [0.717, 1.165) is 18.4 Å². The number of nitrogens with one attached hydrogen (secondary N) is 1. The van der Waals surface area contributed by atoms with Gasteiger partial charge in [-0.3, -0.25) is 9.59 Å². The number of ether oxygens (including phenoxy) is 1. The van der Waals surface area contributed by atoms with Crippen LogP contribution in [0.3, 0.4) is 0 Å². The van der Waals surface area contributed by atoms with Crippen LogP contribution in [-0.2, 0) is 11.3 Å². The number of nitrogens with zero attached hydrogens (tertiary/aromatic N) is 1. The fourth-order valence-corrected chi connectivity index (χ4v) is 3.98. The highest BCUT2D eigenvalue weighted by atomic mass is 16.5. The second-order valence-electron chi connectivity index (χ2n) is 7.60. The van der Waals surface area contributed by atoms with Crippen LogP contribution in [0.1, 0.15) is 54.4 Å². The Morgan fingerprint density at radius 3 is 2.54 bits per heavy atom. The first-order valence-corrected chi connectivity index (χ1v) is 10.1. The van der Waals surface area contributed by atoms with Crippen molar-refractivity contribution in [3.05, 3.63) is 59.7 Å². The van der Waals surface area contributed by atoms with Gasteiger partial charge < -0.3 is 15.0 Å². The van der Waals surface area contributed by atoms with Crippen LogP contribution in [0.2, 0.25) is 0 Å². The van der Waals surface area contributed by atoms with Crippen molar-refractivity contribution in [2.24, 2.45) is 0 Å². The number of hydrogen-bond acceptors (Lipinski definition) is 3. The zero-order valence-corrected chi connectivity index (χ0v) is 16.0. The molecule has 2 aromatic rings. The van der Waals surface area contributed by atoms with Crippen LogP contribution in [0.25, 0.3) is 0 Å². The Morgan fingerprint density at radius 1 is 1.04 bits per heavy atom. The number of hydrogen-bond donors (Lipinski definition) is 1. The van der Waals surface area contributed by atoms with Crippen LogP contribution in [-0.4, -0.2) is 24.5 Å². The number of carbonyl (C=O) groups is 2. The van der Waals surface area contributed by atoms with E-state index in [0.29, 0.717) is 23.5 Å². The third-order valence-electron chi connectivity index (χ3n) is 5.54. The van der Waals surface area contributed by atoms with Crippen LogP contribution in [0.15, 0.2) is 48.5 Å².